The molecule has 26 heavy (non-hydrogen) atoms. The standard InChI is InChI=1S/C20H20FN3O2/c21-15-5-3-4-13(10-15)12-24(16-6-1-2-7-16)19(25)14-8-9-17-18(11-14)23-20(26)22-17/h3-5,8-11,16H,1-2,6-7,12H2,(H2,22,23,26). The number of benzene rings is 2. The Kier molecular flexibility index (Phi) is 4.32. The van der Waals surface area contributed by atoms with Crippen molar-refractivity contribution >= 4 is 16.9 Å². The number of carbonyl (C=O) groups excluding carboxylic acids is 1. The van der Waals surface area contributed by atoms with Crippen molar-refractivity contribution in [1.29, 1.82) is 0 Å². The van der Waals surface area contributed by atoms with Gasteiger partial charge in [-0.15, -0.1) is 0 Å². The molecule has 0 unspecified atom stereocenters. The number of amides is 1. The highest BCUT2D eigenvalue weighted by molar-refractivity contribution is 5.97. The van der Waals surface area contributed by atoms with Gasteiger partial charge in [-0.3, -0.25) is 4.79 Å². The number of aromatic nitrogens is 2. The van der Waals surface area contributed by atoms with Crippen LogP contribution < -0.4 is 5.69 Å². The van der Waals surface area contributed by atoms with Crippen LogP contribution in [0.25, 0.3) is 11.0 Å². The Morgan fingerprint density at radius 3 is 2.62 bits per heavy atom. The minimum atomic E-state index is -0.298. The molecule has 1 aromatic heterocycles. The summed E-state index contributed by atoms with van der Waals surface area (Å²) in [6.07, 6.45) is 4.12. The van der Waals surface area contributed by atoms with Crippen LogP contribution in [-0.4, -0.2) is 26.8 Å². The van der Waals surface area contributed by atoms with E-state index in [-0.39, 0.29) is 23.5 Å². The maximum Gasteiger partial charge on any atom is 0.323 e. The minimum Gasteiger partial charge on any atom is -0.331 e. The second kappa shape index (κ2) is 6.78. The molecule has 0 radical (unpaired) electrons. The average Bonchev–Trinajstić information content (AvgIpc) is 3.27. The van der Waals surface area contributed by atoms with Crippen molar-refractivity contribution in [2.75, 3.05) is 0 Å². The highest BCUT2D eigenvalue weighted by Crippen LogP contribution is 2.27. The predicted octanol–water partition coefficient (Wildman–Crippen LogP) is 3.58. The fourth-order valence-electron chi connectivity index (χ4n) is 3.75. The number of nitrogens with zero attached hydrogens (tertiary/aromatic N) is 1. The molecule has 2 aromatic carbocycles. The monoisotopic (exact) mass is 353 g/mol. The molecule has 4 rings (SSSR count). The lowest BCUT2D eigenvalue weighted by Gasteiger charge is -2.29. The van der Waals surface area contributed by atoms with Crippen molar-refractivity contribution in [3.8, 4) is 0 Å². The number of rotatable bonds is 4. The van der Waals surface area contributed by atoms with Gasteiger partial charge in [0, 0.05) is 18.2 Å². The van der Waals surface area contributed by atoms with Gasteiger partial charge in [0.1, 0.15) is 5.82 Å². The first-order valence-electron chi connectivity index (χ1n) is 8.87. The Morgan fingerprint density at radius 1 is 1.08 bits per heavy atom. The zero-order valence-electron chi connectivity index (χ0n) is 14.3. The molecular formula is C20H20FN3O2. The summed E-state index contributed by atoms with van der Waals surface area (Å²) in [6.45, 7) is 0.378. The zero-order chi connectivity index (χ0) is 18.1. The van der Waals surface area contributed by atoms with Gasteiger partial charge in [0.2, 0.25) is 0 Å². The van der Waals surface area contributed by atoms with Crippen molar-refractivity contribution in [3.63, 3.8) is 0 Å². The molecular weight excluding hydrogens is 333 g/mol. The summed E-state index contributed by atoms with van der Waals surface area (Å²) >= 11 is 0. The normalized spacial score (nSPS) is 14.8. The lowest BCUT2D eigenvalue weighted by molar-refractivity contribution is 0.0664. The average molecular weight is 353 g/mol. The summed E-state index contributed by atoms with van der Waals surface area (Å²) in [5, 5.41) is 0. The maximum atomic E-state index is 13.6. The molecule has 0 saturated heterocycles. The summed E-state index contributed by atoms with van der Waals surface area (Å²) in [5.41, 5.74) is 2.29. The third-order valence-corrected chi connectivity index (χ3v) is 5.03. The summed E-state index contributed by atoms with van der Waals surface area (Å²) in [6, 6.07) is 11.7. The predicted molar refractivity (Wildman–Crippen MR) is 97.4 cm³/mol. The second-order valence-corrected chi connectivity index (χ2v) is 6.84. The molecule has 1 aliphatic rings. The first-order chi connectivity index (χ1) is 12.6. The fraction of sp³-hybridized carbons (Fsp3) is 0.300. The first kappa shape index (κ1) is 16.6. The van der Waals surface area contributed by atoms with Crippen LogP contribution in [0.2, 0.25) is 0 Å². The van der Waals surface area contributed by atoms with Gasteiger partial charge < -0.3 is 14.9 Å². The lowest BCUT2D eigenvalue weighted by Crippen LogP contribution is -2.38. The number of fused-ring (bicyclic) bond motifs is 1. The van der Waals surface area contributed by atoms with E-state index in [9.17, 15) is 14.0 Å². The number of hydrogen-bond donors (Lipinski definition) is 2. The molecule has 1 heterocycles. The lowest BCUT2D eigenvalue weighted by atomic mass is 10.1. The van der Waals surface area contributed by atoms with Crippen LogP contribution in [0.4, 0.5) is 4.39 Å². The van der Waals surface area contributed by atoms with E-state index in [4.69, 9.17) is 0 Å². The maximum absolute atomic E-state index is 13.6. The number of halogens is 1. The van der Waals surface area contributed by atoms with Gasteiger partial charge in [-0.2, -0.15) is 0 Å². The highest BCUT2D eigenvalue weighted by atomic mass is 19.1. The Labute approximate surface area is 149 Å². The molecule has 6 heteroatoms. The molecule has 5 nitrogen and oxygen atoms in total. The topological polar surface area (TPSA) is 69.0 Å². The molecule has 0 bridgehead atoms. The van der Waals surface area contributed by atoms with E-state index in [0.717, 1.165) is 31.2 Å². The van der Waals surface area contributed by atoms with E-state index in [2.05, 4.69) is 9.97 Å². The van der Waals surface area contributed by atoms with E-state index >= 15 is 0 Å². The van der Waals surface area contributed by atoms with Crippen molar-refractivity contribution in [2.24, 2.45) is 0 Å². The molecule has 0 aliphatic heterocycles. The van der Waals surface area contributed by atoms with Gasteiger partial charge in [0.15, 0.2) is 0 Å². The van der Waals surface area contributed by atoms with Crippen LogP contribution in [0.1, 0.15) is 41.6 Å². The molecule has 1 fully saturated rings. The largest absolute Gasteiger partial charge is 0.331 e. The number of H-pyrrole nitrogens is 2. The number of hydrogen-bond acceptors (Lipinski definition) is 2. The van der Waals surface area contributed by atoms with Crippen LogP contribution in [0, 0.1) is 5.82 Å². The van der Waals surface area contributed by atoms with Crippen molar-refractivity contribution in [2.45, 2.75) is 38.3 Å². The van der Waals surface area contributed by atoms with Gasteiger partial charge in [0.05, 0.1) is 11.0 Å². The van der Waals surface area contributed by atoms with E-state index < -0.39 is 0 Å². The van der Waals surface area contributed by atoms with E-state index in [1.54, 1.807) is 24.3 Å². The third-order valence-electron chi connectivity index (χ3n) is 5.03. The number of carbonyl (C=O) groups is 1. The molecule has 1 saturated carbocycles. The third kappa shape index (κ3) is 3.27. The summed E-state index contributed by atoms with van der Waals surface area (Å²) < 4.78 is 13.6. The van der Waals surface area contributed by atoms with Crippen LogP contribution >= 0.6 is 0 Å². The quantitative estimate of drug-likeness (QED) is 0.753. The SMILES string of the molecule is O=C(c1ccc2[nH]c(=O)[nH]c2c1)N(Cc1cccc(F)c1)C1CCCC1. The molecule has 134 valence electrons. The number of imidazole rings is 1. The van der Waals surface area contributed by atoms with Gasteiger partial charge in [-0.25, -0.2) is 9.18 Å². The highest BCUT2D eigenvalue weighted by Gasteiger charge is 2.28. The zero-order valence-corrected chi connectivity index (χ0v) is 14.3. The first-order valence-corrected chi connectivity index (χ1v) is 8.87. The van der Waals surface area contributed by atoms with Gasteiger partial charge in [0.25, 0.3) is 5.91 Å². The minimum absolute atomic E-state index is 0.0925. The second-order valence-electron chi connectivity index (χ2n) is 6.84. The van der Waals surface area contributed by atoms with Crippen molar-refractivity contribution in [1.82, 2.24) is 14.9 Å². The van der Waals surface area contributed by atoms with Crippen molar-refractivity contribution in [3.05, 3.63) is 69.9 Å². The summed E-state index contributed by atoms with van der Waals surface area (Å²) in [4.78, 5) is 31.9. The Morgan fingerprint density at radius 2 is 1.85 bits per heavy atom. The Hall–Kier alpha value is -2.89. The molecule has 1 aliphatic carbocycles. The smallest absolute Gasteiger partial charge is 0.323 e. The van der Waals surface area contributed by atoms with Crippen LogP contribution in [0.15, 0.2) is 47.3 Å². The fourth-order valence-corrected chi connectivity index (χ4v) is 3.75. The van der Waals surface area contributed by atoms with E-state index in [0.29, 0.717) is 23.1 Å². The molecule has 0 spiro atoms. The van der Waals surface area contributed by atoms with Crippen LogP contribution in [0.5, 0.6) is 0 Å². The van der Waals surface area contributed by atoms with Gasteiger partial charge >= 0.3 is 5.69 Å². The molecule has 3 aromatic rings. The van der Waals surface area contributed by atoms with Gasteiger partial charge in [-0.05, 0) is 48.7 Å². The molecule has 0 atom stereocenters. The van der Waals surface area contributed by atoms with Crippen LogP contribution in [-0.2, 0) is 6.54 Å². The Bertz CT molecular complexity index is 1000. The number of aromatic amines is 2. The van der Waals surface area contributed by atoms with Crippen molar-refractivity contribution < 1.29 is 9.18 Å². The summed E-state index contributed by atoms with van der Waals surface area (Å²) in [7, 11) is 0. The van der Waals surface area contributed by atoms with E-state index in [1.165, 1.54) is 12.1 Å². The molecule has 2 N–H and O–H groups in total. The number of nitrogens with one attached hydrogen (secondary N) is 2. The molecule has 1 amide bonds. The Balaban J connectivity index is 1.67. The van der Waals surface area contributed by atoms with Gasteiger partial charge in [-0.1, -0.05) is 25.0 Å². The summed E-state index contributed by atoms with van der Waals surface area (Å²) in [5.74, 6) is -0.391. The van der Waals surface area contributed by atoms with E-state index in [1.807, 2.05) is 11.0 Å². The van der Waals surface area contributed by atoms with Crippen LogP contribution in [0.3, 0.4) is 0 Å².